The van der Waals surface area contributed by atoms with E-state index in [0.717, 1.165) is 0 Å². The number of esters is 4. The Bertz CT molecular complexity index is 909. The van der Waals surface area contributed by atoms with Crippen LogP contribution in [0, 0.1) is 0 Å². The van der Waals surface area contributed by atoms with Gasteiger partial charge in [0.05, 0.1) is 22.3 Å². The number of cyclic esters (lactones) is 4. The van der Waals surface area contributed by atoms with Crippen LogP contribution in [0.15, 0.2) is 36.4 Å². The molecule has 0 saturated carbocycles. The fourth-order valence-corrected chi connectivity index (χ4v) is 2.64. The lowest BCUT2D eigenvalue weighted by molar-refractivity contribution is 0.0327. The topological polar surface area (TPSA) is 86.7 Å². The SMILES string of the molecule is O=C1OC(=O)c2c3ccc(c2C(=O)OC3=O)-c2cccc1c2. The molecule has 4 rings (SSSR count). The standard InChI is InChI=1S/C16H6O6/c17-13-8-3-1-2-7(6-8)9-4-5-10-12(16(20)21-13)11(9)15(19)22-14(10)18/h1-6H. The van der Waals surface area contributed by atoms with Crippen LogP contribution in [0.25, 0.3) is 11.1 Å². The van der Waals surface area contributed by atoms with E-state index in [0.29, 0.717) is 11.1 Å². The van der Waals surface area contributed by atoms with E-state index in [2.05, 4.69) is 4.74 Å². The quantitative estimate of drug-likeness (QED) is 0.545. The van der Waals surface area contributed by atoms with E-state index in [1.165, 1.54) is 18.2 Å². The molecule has 2 aliphatic rings. The van der Waals surface area contributed by atoms with Crippen molar-refractivity contribution in [2.24, 2.45) is 0 Å². The molecule has 0 atom stereocenters. The number of fused-ring (bicyclic) bond motifs is 3. The minimum absolute atomic E-state index is 0.0612. The van der Waals surface area contributed by atoms with Crippen molar-refractivity contribution in [1.29, 1.82) is 0 Å². The van der Waals surface area contributed by atoms with Crippen LogP contribution in [0.3, 0.4) is 0 Å². The molecule has 0 N–H and O–H groups in total. The molecule has 6 nitrogen and oxygen atoms in total. The number of rotatable bonds is 0. The van der Waals surface area contributed by atoms with Gasteiger partial charge in [-0.05, 0) is 29.3 Å². The summed E-state index contributed by atoms with van der Waals surface area (Å²) in [6.07, 6.45) is 0. The highest BCUT2D eigenvalue weighted by Crippen LogP contribution is 2.35. The number of ether oxygens (including phenoxy) is 2. The van der Waals surface area contributed by atoms with Gasteiger partial charge in [-0.2, -0.15) is 0 Å². The third kappa shape index (κ3) is 1.54. The van der Waals surface area contributed by atoms with Gasteiger partial charge < -0.3 is 9.47 Å². The second kappa shape index (κ2) is 4.11. The van der Waals surface area contributed by atoms with Crippen LogP contribution in [0.5, 0.6) is 0 Å². The molecule has 0 fully saturated rings. The van der Waals surface area contributed by atoms with Crippen molar-refractivity contribution < 1.29 is 28.7 Å². The Morgan fingerprint density at radius 1 is 0.591 bits per heavy atom. The number of carbonyl (C=O) groups excluding carboxylic acids is 4. The molecule has 2 aromatic rings. The lowest BCUT2D eigenvalue weighted by Gasteiger charge is -2.19. The average molecular weight is 294 g/mol. The van der Waals surface area contributed by atoms with Gasteiger partial charge in [0.25, 0.3) is 0 Å². The Balaban J connectivity index is 2.15. The zero-order valence-electron chi connectivity index (χ0n) is 10.9. The van der Waals surface area contributed by atoms with Crippen molar-refractivity contribution in [3.8, 4) is 11.1 Å². The molecular formula is C16H6O6. The molecule has 0 aliphatic carbocycles. The number of carbonyl (C=O) groups is 4. The summed E-state index contributed by atoms with van der Waals surface area (Å²) in [5, 5.41) is 0. The van der Waals surface area contributed by atoms with Gasteiger partial charge >= 0.3 is 23.9 Å². The van der Waals surface area contributed by atoms with Crippen LogP contribution in [-0.2, 0) is 9.47 Å². The first kappa shape index (κ1) is 12.5. The Kier molecular flexibility index (Phi) is 2.33. The molecule has 2 heterocycles. The summed E-state index contributed by atoms with van der Waals surface area (Å²) in [4.78, 5) is 48.0. The number of hydrogen-bond acceptors (Lipinski definition) is 6. The summed E-state index contributed by atoms with van der Waals surface area (Å²) >= 11 is 0. The fraction of sp³-hybridized carbons (Fsp3) is 0. The van der Waals surface area contributed by atoms with E-state index in [-0.39, 0.29) is 22.3 Å². The van der Waals surface area contributed by atoms with E-state index in [1.807, 2.05) is 0 Å². The van der Waals surface area contributed by atoms with Crippen LogP contribution in [0.2, 0.25) is 0 Å². The van der Waals surface area contributed by atoms with E-state index in [9.17, 15) is 19.2 Å². The zero-order valence-corrected chi connectivity index (χ0v) is 10.9. The molecule has 0 spiro atoms. The van der Waals surface area contributed by atoms with Crippen molar-refractivity contribution in [1.82, 2.24) is 0 Å². The lowest BCUT2D eigenvalue weighted by Crippen LogP contribution is -2.27. The highest BCUT2D eigenvalue weighted by Gasteiger charge is 2.37. The molecule has 106 valence electrons. The van der Waals surface area contributed by atoms with Crippen LogP contribution >= 0.6 is 0 Å². The predicted octanol–water partition coefficient (Wildman–Crippen LogP) is 1.97. The van der Waals surface area contributed by atoms with E-state index in [4.69, 9.17) is 4.74 Å². The molecule has 0 amide bonds. The van der Waals surface area contributed by atoms with Gasteiger partial charge in [0.1, 0.15) is 0 Å². The highest BCUT2D eigenvalue weighted by molar-refractivity contribution is 6.22. The van der Waals surface area contributed by atoms with E-state index < -0.39 is 23.9 Å². The maximum absolute atomic E-state index is 12.2. The average Bonchev–Trinajstić information content (AvgIpc) is 2.53. The van der Waals surface area contributed by atoms with Crippen LogP contribution in [-0.4, -0.2) is 23.9 Å². The van der Waals surface area contributed by atoms with Gasteiger partial charge in [-0.3, -0.25) is 0 Å². The third-order valence-electron chi connectivity index (χ3n) is 3.61. The van der Waals surface area contributed by atoms with Crippen molar-refractivity contribution in [3.63, 3.8) is 0 Å². The zero-order chi connectivity index (χ0) is 15.4. The van der Waals surface area contributed by atoms with Crippen LogP contribution < -0.4 is 0 Å². The Morgan fingerprint density at radius 3 is 1.95 bits per heavy atom. The number of benzene rings is 2. The van der Waals surface area contributed by atoms with Crippen molar-refractivity contribution in [2.45, 2.75) is 0 Å². The van der Waals surface area contributed by atoms with Gasteiger partial charge in [-0.1, -0.05) is 18.2 Å². The Labute approximate surface area is 123 Å². The van der Waals surface area contributed by atoms with Crippen molar-refractivity contribution >= 4 is 23.9 Å². The number of hydrogen-bond donors (Lipinski definition) is 0. The highest BCUT2D eigenvalue weighted by atomic mass is 16.6. The monoisotopic (exact) mass is 294 g/mol. The normalized spacial score (nSPS) is 15.5. The summed E-state index contributed by atoms with van der Waals surface area (Å²) in [5.74, 6) is -3.74. The molecule has 22 heavy (non-hydrogen) atoms. The Hall–Kier alpha value is -3.28. The smallest absolute Gasteiger partial charge is 0.347 e. The summed E-state index contributed by atoms with van der Waals surface area (Å²) in [6.45, 7) is 0. The molecule has 2 aromatic carbocycles. The van der Waals surface area contributed by atoms with Gasteiger partial charge in [0, 0.05) is 0 Å². The molecule has 2 aliphatic heterocycles. The fourth-order valence-electron chi connectivity index (χ4n) is 2.64. The molecule has 6 heteroatoms. The van der Waals surface area contributed by atoms with Gasteiger partial charge in [-0.15, -0.1) is 0 Å². The summed E-state index contributed by atoms with van der Waals surface area (Å²) < 4.78 is 9.40. The molecular weight excluding hydrogens is 288 g/mol. The second-order valence-corrected chi connectivity index (χ2v) is 4.85. The first-order valence-corrected chi connectivity index (χ1v) is 6.37. The lowest BCUT2D eigenvalue weighted by atomic mass is 9.90. The Morgan fingerprint density at radius 2 is 1.18 bits per heavy atom. The minimum Gasteiger partial charge on any atom is -0.386 e. The minimum atomic E-state index is -1.04. The van der Waals surface area contributed by atoms with Gasteiger partial charge in [0.15, 0.2) is 0 Å². The van der Waals surface area contributed by atoms with Gasteiger partial charge in [0.2, 0.25) is 0 Å². The van der Waals surface area contributed by atoms with Crippen molar-refractivity contribution in [3.05, 3.63) is 58.7 Å². The maximum atomic E-state index is 12.2. The molecule has 0 unspecified atom stereocenters. The summed E-state index contributed by atoms with van der Waals surface area (Å²) in [7, 11) is 0. The van der Waals surface area contributed by atoms with Crippen molar-refractivity contribution in [2.75, 3.05) is 0 Å². The summed E-state index contributed by atoms with van der Waals surface area (Å²) in [5.41, 5.74) is 0.761. The summed E-state index contributed by atoms with van der Waals surface area (Å²) in [6, 6.07) is 9.24. The van der Waals surface area contributed by atoms with E-state index in [1.54, 1.807) is 18.2 Å². The largest absolute Gasteiger partial charge is 0.386 e. The molecule has 6 bridgehead atoms. The second-order valence-electron chi connectivity index (χ2n) is 4.85. The van der Waals surface area contributed by atoms with Crippen LogP contribution in [0.1, 0.15) is 41.4 Å². The predicted molar refractivity (Wildman–Crippen MR) is 71.4 cm³/mol. The van der Waals surface area contributed by atoms with Gasteiger partial charge in [-0.25, -0.2) is 19.2 Å². The molecule has 0 saturated heterocycles. The first-order valence-electron chi connectivity index (χ1n) is 6.37. The molecule has 0 aromatic heterocycles. The maximum Gasteiger partial charge on any atom is 0.347 e. The third-order valence-corrected chi connectivity index (χ3v) is 3.61. The van der Waals surface area contributed by atoms with E-state index >= 15 is 0 Å². The first-order chi connectivity index (χ1) is 10.6. The molecule has 0 radical (unpaired) electrons. The van der Waals surface area contributed by atoms with Crippen LogP contribution in [0.4, 0.5) is 0 Å².